The lowest BCUT2D eigenvalue weighted by Gasteiger charge is -2.26. The summed E-state index contributed by atoms with van der Waals surface area (Å²) >= 11 is 0. The van der Waals surface area contributed by atoms with Crippen molar-refractivity contribution in [3.8, 4) is 0 Å². The average molecular weight is 239 g/mol. The number of carbonyl (C=O) groups is 1. The van der Waals surface area contributed by atoms with E-state index in [1.807, 2.05) is 18.7 Å². The van der Waals surface area contributed by atoms with Gasteiger partial charge in [-0.1, -0.05) is 13.8 Å². The Kier molecular flexibility index (Phi) is 4.05. The molecule has 2 heterocycles. The molecule has 1 amide bonds. The Balaban J connectivity index is 1.86. The van der Waals surface area contributed by atoms with Gasteiger partial charge in [0.15, 0.2) is 0 Å². The van der Waals surface area contributed by atoms with Crippen LogP contribution in [0.25, 0.3) is 0 Å². The number of hydrogen-bond donors (Lipinski definition) is 1. The highest BCUT2D eigenvalue weighted by Gasteiger charge is 2.33. The van der Waals surface area contributed by atoms with Crippen LogP contribution >= 0.6 is 0 Å². The molecule has 0 spiro atoms. The number of carbonyl (C=O) groups excluding carboxylic acids is 1. The van der Waals surface area contributed by atoms with Gasteiger partial charge in [0, 0.05) is 19.1 Å². The zero-order valence-corrected chi connectivity index (χ0v) is 11.1. The second kappa shape index (κ2) is 5.36. The fourth-order valence-electron chi connectivity index (χ4n) is 2.84. The fraction of sp³-hybridized carbons (Fsp3) is 0.923. The van der Waals surface area contributed by atoms with Crippen molar-refractivity contribution < 1.29 is 4.79 Å². The molecule has 2 aliphatic rings. The summed E-state index contributed by atoms with van der Waals surface area (Å²) in [7, 11) is 0. The molecule has 0 aromatic rings. The molecule has 0 aliphatic carbocycles. The quantitative estimate of drug-likeness (QED) is 0.787. The molecule has 0 aromatic carbocycles. The molecule has 17 heavy (non-hydrogen) atoms. The van der Waals surface area contributed by atoms with Gasteiger partial charge in [-0.3, -0.25) is 9.69 Å². The van der Waals surface area contributed by atoms with Gasteiger partial charge in [-0.25, -0.2) is 0 Å². The molecule has 98 valence electrons. The van der Waals surface area contributed by atoms with Crippen LogP contribution in [0.3, 0.4) is 0 Å². The van der Waals surface area contributed by atoms with Crippen molar-refractivity contribution in [2.45, 2.75) is 45.2 Å². The number of amides is 1. The van der Waals surface area contributed by atoms with Gasteiger partial charge < -0.3 is 10.6 Å². The first-order valence-corrected chi connectivity index (χ1v) is 6.88. The zero-order chi connectivity index (χ0) is 12.4. The molecule has 2 fully saturated rings. The first kappa shape index (κ1) is 12.8. The molecule has 4 nitrogen and oxygen atoms in total. The largest absolute Gasteiger partial charge is 0.340 e. The van der Waals surface area contributed by atoms with E-state index in [0.29, 0.717) is 6.04 Å². The van der Waals surface area contributed by atoms with Crippen LogP contribution in [0.15, 0.2) is 0 Å². The third-order valence-corrected chi connectivity index (χ3v) is 4.14. The minimum Gasteiger partial charge on any atom is -0.340 e. The summed E-state index contributed by atoms with van der Waals surface area (Å²) in [4.78, 5) is 16.6. The molecule has 0 saturated carbocycles. The van der Waals surface area contributed by atoms with Gasteiger partial charge >= 0.3 is 0 Å². The normalized spacial score (nSPS) is 28.0. The molecule has 2 saturated heterocycles. The monoisotopic (exact) mass is 239 g/mol. The zero-order valence-electron chi connectivity index (χ0n) is 11.1. The summed E-state index contributed by atoms with van der Waals surface area (Å²) in [6, 6.07) is 0.258. The first-order valence-electron chi connectivity index (χ1n) is 6.88. The van der Waals surface area contributed by atoms with E-state index in [2.05, 4.69) is 4.90 Å². The van der Waals surface area contributed by atoms with E-state index < -0.39 is 0 Å². The van der Waals surface area contributed by atoms with E-state index in [1.165, 1.54) is 25.9 Å². The Labute approximate surface area is 104 Å². The lowest BCUT2D eigenvalue weighted by molar-refractivity contribution is -0.132. The molecule has 2 unspecified atom stereocenters. The van der Waals surface area contributed by atoms with E-state index in [1.54, 1.807) is 0 Å². The van der Waals surface area contributed by atoms with Crippen molar-refractivity contribution in [3.05, 3.63) is 0 Å². The van der Waals surface area contributed by atoms with Crippen LogP contribution in [-0.2, 0) is 4.79 Å². The van der Waals surface area contributed by atoms with Gasteiger partial charge in [-0.15, -0.1) is 0 Å². The van der Waals surface area contributed by atoms with Crippen molar-refractivity contribution >= 4 is 5.91 Å². The molecular weight excluding hydrogens is 214 g/mol. The van der Waals surface area contributed by atoms with Crippen LogP contribution in [0, 0.1) is 5.92 Å². The minimum absolute atomic E-state index is 0.140. The number of likely N-dealkylation sites (tertiary alicyclic amines) is 2. The molecule has 0 bridgehead atoms. The fourth-order valence-corrected chi connectivity index (χ4v) is 2.84. The highest BCUT2D eigenvalue weighted by Crippen LogP contribution is 2.21. The maximum Gasteiger partial charge on any atom is 0.239 e. The summed E-state index contributed by atoms with van der Waals surface area (Å²) in [5.74, 6) is 0.370. The smallest absolute Gasteiger partial charge is 0.239 e. The van der Waals surface area contributed by atoms with E-state index in [9.17, 15) is 4.79 Å². The van der Waals surface area contributed by atoms with Gasteiger partial charge in [-0.2, -0.15) is 0 Å². The lowest BCUT2D eigenvalue weighted by atomic mass is 10.0. The first-order chi connectivity index (χ1) is 8.09. The average Bonchev–Trinajstić information content (AvgIpc) is 2.96. The number of nitrogens with two attached hydrogens (primary N) is 1. The highest BCUT2D eigenvalue weighted by molar-refractivity contribution is 5.82. The summed E-state index contributed by atoms with van der Waals surface area (Å²) in [6.45, 7) is 8.22. The van der Waals surface area contributed by atoms with Gasteiger partial charge in [0.25, 0.3) is 0 Å². The van der Waals surface area contributed by atoms with E-state index in [-0.39, 0.29) is 17.9 Å². The Morgan fingerprint density at radius 3 is 2.47 bits per heavy atom. The Hall–Kier alpha value is -0.610. The summed E-state index contributed by atoms with van der Waals surface area (Å²) in [5.41, 5.74) is 5.93. The Morgan fingerprint density at radius 2 is 1.88 bits per heavy atom. The predicted octanol–water partition coefficient (Wildman–Crippen LogP) is 0.666. The standard InChI is InChI=1S/C13H25N3O/c1-10(2)12(14)13(17)16-8-5-11(9-16)15-6-3-4-7-15/h10-12H,3-9,14H2,1-2H3. The predicted molar refractivity (Wildman–Crippen MR) is 68.6 cm³/mol. The van der Waals surface area contributed by atoms with Crippen LogP contribution in [0.5, 0.6) is 0 Å². The number of nitrogens with zero attached hydrogens (tertiary/aromatic N) is 2. The van der Waals surface area contributed by atoms with Gasteiger partial charge in [-0.05, 0) is 38.3 Å². The van der Waals surface area contributed by atoms with Crippen molar-refractivity contribution in [2.75, 3.05) is 26.2 Å². The molecule has 2 rings (SSSR count). The Bertz CT molecular complexity index is 274. The number of rotatable bonds is 3. The van der Waals surface area contributed by atoms with E-state index in [0.717, 1.165) is 19.5 Å². The SMILES string of the molecule is CC(C)C(N)C(=O)N1CCC(N2CCCC2)C1. The third kappa shape index (κ3) is 2.80. The summed E-state index contributed by atoms with van der Waals surface area (Å²) in [5, 5.41) is 0. The third-order valence-electron chi connectivity index (χ3n) is 4.14. The Morgan fingerprint density at radius 1 is 1.24 bits per heavy atom. The van der Waals surface area contributed by atoms with Gasteiger partial charge in [0.05, 0.1) is 6.04 Å². The van der Waals surface area contributed by atoms with Crippen molar-refractivity contribution in [2.24, 2.45) is 11.7 Å². The van der Waals surface area contributed by atoms with Crippen molar-refractivity contribution in [1.29, 1.82) is 0 Å². The maximum absolute atomic E-state index is 12.1. The molecule has 2 atom stereocenters. The van der Waals surface area contributed by atoms with E-state index in [4.69, 9.17) is 5.73 Å². The number of hydrogen-bond acceptors (Lipinski definition) is 3. The topological polar surface area (TPSA) is 49.6 Å². The molecule has 0 aromatic heterocycles. The van der Waals surface area contributed by atoms with E-state index >= 15 is 0 Å². The van der Waals surface area contributed by atoms with Crippen LogP contribution in [0.4, 0.5) is 0 Å². The molecular formula is C13H25N3O. The molecule has 0 radical (unpaired) electrons. The summed E-state index contributed by atoms with van der Waals surface area (Å²) in [6.07, 6.45) is 3.75. The molecule has 2 aliphatic heterocycles. The molecule has 2 N–H and O–H groups in total. The minimum atomic E-state index is -0.327. The van der Waals surface area contributed by atoms with Gasteiger partial charge in [0.1, 0.15) is 0 Å². The van der Waals surface area contributed by atoms with Crippen LogP contribution in [-0.4, -0.2) is 54.0 Å². The van der Waals surface area contributed by atoms with Crippen LogP contribution < -0.4 is 5.73 Å². The molecule has 4 heteroatoms. The van der Waals surface area contributed by atoms with Gasteiger partial charge in [0.2, 0.25) is 5.91 Å². The van der Waals surface area contributed by atoms with Crippen molar-refractivity contribution in [1.82, 2.24) is 9.80 Å². The van der Waals surface area contributed by atoms with Crippen molar-refractivity contribution in [3.63, 3.8) is 0 Å². The van der Waals surface area contributed by atoms with Crippen LogP contribution in [0.1, 0.15) is 33.1 Å². The second-order valence-corrected chi connectivity index (χ2v) is 5.74. The van der Waals surface area contributed by atoms with Crippen LogP contribution in [0.2, 0.25) is 0 Å². The lowest BCUT2D eigenvalue weighted by Crippen LogP contribution is -2.46. The second-order valence-electron chi connectivity index (χ2n) is 5.74. The maximum atomic E-state index is 12.1. The summed E-state index contributed by atoms with van der Waals surface area (Å²) < 4.78 is 0. The highest BCUT2D eigenvalue weighted by atomic mass is 16.2.